The predicted octanol–water partition coefficient (Wildman–Crippen LogP) is 2.16. The molecule has 10 heavy (non-hydrogen) atoms. The molecule has 1 nitrogen and oxygen atoms in total. The van der Waals surface area contributed by atoms with Crippen molar-refractivity contribution >= 4 is 11.8 Å². The van der Waals surface area contributed by atoms with Gasteiger partial charge < -0.3 is 4.90 Å². The van der Waals surface area contributed by atoms with Gasteiger partial charge in [-0.15, -0.1) is 11.8 Å². The summed E-state index contributed by atoms with van der Waals surface area (Å²) in [5.41, 5.74) is 0. The van der Waals surface area contributed by atoms with Crippen LogP contribution in [0.1, 0.15) is 13.8 Å². The van der Waals surface area contributed by atoms with Crippen LogP contribution in [0.15, 0.2) is 11.6 Å². The molecule has 0 atom stereocenters. The van der Waals surface area contributed by atoms with Crippen LogP contribution in [0.5, 0.6) is 0 Å². The third-order valence-electron chi connectivity index (χ3n) is 1.46. The quantitative estimate of drug-likeness (QED) is 0.604. The summed E-state index contributed by atoms with van der Waals surface area (Å²) in [6, 6.07) is 0. The molecule has 0 aromatic heterocycles. The van der Waals surface area contributed by atoms with E-state index in [2.05, 4.69) is 30.4 Å². The standard InChI is InChI=1S/C8H15NS/c1-8(2)7-9-3-5-10-6-4-9/h3,5,8H,4,6-7H2,1-2H3. The van der Waals surface area contributed by atoms with Crippen molar-refractivity contribution in [2.75, 3.05) is 18.8 Å². The van der Waals surface area contributed by atoms with Gasteiger partial charge in [-0.2, -0.15) is 0 Å². The molecule has 0 amide bonds. The van der Waals surface area contributed by atoms with E-state index >= 15 is 0 Å². The lowest BCUT2D eigenvalue weighted by molar-refractivity contribution is 0.346. The molecular formula is C8H15NS. The van der Waals surface area contributed by atoms with Crippen molar-refractivity contribution in [2.45, 2.75) is 13.8 Å². The molecule has 1 aliphatic heterocycles. The first kappa shape index (κ1) is 7.99. The molecule has 0 unspecified atom stereocenters. The summed E-state index contributed by atoms with van der Waals surface area (Å²) in [6.45, 7) is 6.95. The highest BCUT2D eigenvalue weighted by molar-refractivity contribution is 8.02. The maximum Gasteiger partial charge on any atom is 0.0267 e. The number of hydrogen-bond donors (Lipinski definition) is 0. The summed E-state index contributed by atoms with van der Waals surface area (Å²) in [6.07, 6.45) is 2.20. The van der Waals surface area contributed by atoms with Crippen LogP contribution in [0.4, 0.5) is 0 Å². The summed E-state index contributed by atoms with van der Waals surface area (Å²) in [5, 5.41) is 2.19. The van der Waals surface area contributed by atoms with Gasteiger partial charge in [-0.25, -0.2) is 0 Å². The average Bonchev–Trinajstić information content (AvgIpc) is 1.88. The first-order valence-electron chi connectivity index (χ1n) is 3.81. The Bertz CT molecular complexity index is 120. The highest BCUT2D eigenvalue weighted by atomic mass is 32.2. The zero-order chi connectivity index (χ0) is 7.40. The van der Waals surface area contributed by atoms with Crippen LogP contribution in [0.3, 0.4) is 0 Å². The van der Waals surface area contributed by atoms with E-state index in [9.17, 15) is 0 Å². The highest BCUT2D eigenvalue weighted by Crippen LogP contribution is 2.11. The van der Waals surface area contributed by atoms with E-state index in [0.717, 1.165) is 5.92 Å². The van der Waals surface area contributed by atoms with Crippen molar-refractivity contribution in [1.82, 2.24) is 4.90 Å². The molecule has 0 aromatic carbocycles. The van der Waals surface area contributed by atoms with Crippen molar-refractivity contribution in [3.8, 4) is 0 Å². The van der Waals surface area contributed by atoms with E-state index in [1.807, 2.05) is 11.8 Å². The Kier molecular flexibility index (Phi) is 3.13. The summed E-state index contributed by atoms with van der Waals surface area (Å²) >= 11 is 1.90. The predicted molar refractivity (Wildman–Crippen MR) is 48.0 cm³/mol. The second-order valence-electron chi connectivity index (χ2n) is 3.04. The van der Waals surface area contributed by atoms with Crippen molar-refractivity contribution in [2.24, 2.45) is 5.92 Å². The van der Waals surface area contributed by atoms with Crippen molar-refractivity contribution in [3.63, 3.8) is 0 Å². The third kappa shape index (κ3) is 2.65. The molecule has 0 saturated heterocycles. The second kappa shape index (κ2) is 3.91. The van der Waals surface area contributed by atoms with Gasteiger partial charge >= 0.3 is 0 Å². The molecule has 0 saturated carbocycles. The van der Waals surface area contributed by atoms with Crippen LogP contribution < -0.4 is 0 Å². The topological polar surface area (TPSA) is 3.24 Å². The number of nitrogens with zero attached hydrogens (tertiary/aromatic N) is 1. The van der Waals surface area contributed by atoms with Crippen LogP contribution in [0.2, 0.25) is 0 Å². The van der Waals surface area contributed by atoms with E-state index < -0.39 is 0 Å². The first-order valence-corrected chi connectivity index (χ1v) is 4.86. The van der Waals surface area contributed by atoms with E-state index in [0.29, 0.717) is 0 Å². The monoisotopic (exact) mass is 157 g/mol. The minimum atomic E-state index is 0.785. The maximum absolute atomic E-state index is 2.39. The van der Waals surface area contributed by atoms with Crippen molar-refractivity contribution in [3.05, 3.63) is 11.6 Å². The molecule has 0 spiro atoms. The Morgan fingerprint density at radius 1 is 1.60 bits per heavy atom. The molecule has 2 heteroatoms. The molecule has 1 heterocycles. The smallest absolute Gasteiger partial charge is 0.0267 e. The largest absolute Gasteiger partial charge is 0.376 e. The van der Waals surface area contributed by atoms with Gasteiger partial charge in [-0.3, -0.25) is 0 Å². The Morgan fingerprint density at radius 2 is 2.40 bits per heavy atom. The van der Waals surface area contributed by atoms with E-state index in [4.69, 9.17) is 0 Å². The summed E-state index contributed by atoms with van der Waals surface area (Å²) < 4.78 is 0. The van der Waals surface area contributed by atoms with E-state index in [-0.39, 0.29) is 0 Å². The van der Waals surface area contributed by atoms with Crippen LogP contribution in [-0.4, -0.2) is 23.7 Å². The SMILES string of the molecule is CC(C)CN1C=CSCC1. The first-order chi connectivity index (χ1) is 4.79. The van der Waals surface area contributed by atoms with Gasteiger partial charge in [0.1, 0.15) is 0 Å². The molecule has 0 aromatic rings. The lowest BCUT2D eigenvalue weighted by Crippen LogP contribution is -2.26. The fourth-order valence-corrected chi connectivity index (χ4v) is 1.80. The van der Waals surface area contributed by atoms with Gasteiger partial charge in [0.05, 0.1) is 0 Å². The van der Waals surface area contributed by atoms with Gasteiger partial charge in [-0.05, 0) is 11.3 Å². The van der Waals surface area contributed by atoms with E-state index in [1.54, 1.807) is 0 Å². The molecule has 0 fully saturated rings. The fourth-order valence-electron chi connectivity index (χ4n) is 1.06. The molecule has 0 N–H and O–H groups in total. The molecule has 1 rings (SSSR count). The summed E-state index contributed by atoms with van der Waals surface area (Å²) in [7, 11) is 0. The molecule has 0 bridgehead atoms. The zero-order valence-corrected chi connectivity index (χ0v) is 7.53. The maximum atomic E-state index is 2.39. The fraction of sp³-hybridized carbons (Fsp3) is 0.750. The highest BCUT2D eigenvalue weighted by Gasteiger charge is 2.04. The van der Waals surface area contributed by atoms with Crippen LogP contribution in [0, 0.1) is 5.92 Å². The van der Waals surface area contributed by atoms with Crippen molar-refractivity contribution < 1.29 is 0 Å². The van der Waals surface area contributed by atoms with Crippen LogP contribution in [0.25, 0.3) is 0 Å². The Hall–Kier alpha value is -0.110. The number of thioether (sulfide) groups is 1. The van der Waals surface area contributed by atoms with Gasteiger partial charge in [-0.1, -0.05) is 13.8 Å². The Balaban J connectivity index is 2.26. The summed E-state index contributed by atoms with van der Waals surface area (Å²) in [4.78, 5) is 2.39. The second-order valence-corrected chi connectivity index (χ2v) is 4.06. The zero-order valence-electron chi connectivity index (χ0n) is 6.71. The molecular weight excluding hydrogens is 142 g/mol. The van der Waals surface area contributed by atoms with E-state index in [1.165, 1.54) is 18.8 Å². The third-order valence-corrected chi connectivity index (χ3v) is 2.20. The Labute approximate surface area is 67.5 Å². The molecule has 0 radical (unpaired) electrons. The number of rotatable bonds is 2. The lowest BCUT2D eigenvalue weighted by Gasteiger charge is -2.24. The van der Waals surface area contributed by atoms with Gasteiger partial charge in [0.2, 0.25) is 0 Å². The molecule has 1 aliphatic rings. The average molecular weight is 157 g/mol. The van der Waals surface area contributed by atoms with Gasteiger partial charge in [0.25, 0.3) is 0 Å². The normalized spacial score (nSPS) is 18.5. The van der Waals surface area contributed by atoms with Crippen LogP contribution in [-0.2, 0) is 0 Å². The van der Waals surface area contributed by atoms with Gasteiger partial charge in [0, 0.05) is 25.0 Å². The molecule has 0 aliphatic carbocycles. The van der Waals surface area contributed by atoms with Crippen LogP contribution >= 0.6 is 11.8 Å². The molecule has 58 valence electrons. The van der Waals surface area contributed by atoms with Crippen molar-refractivity contribution in [1.29, 1.82) is 0 Å². The van der Waals surface area contributed by atoms with Gasteiger partial charge in [0.15, 0.2) is 0 Å². The summed E-state index contributed by atoms with van der Waals surface area (Å²) in [5.74, 6) is 2.04. The Morgan fingerprint density at radius 3 is 2.90 bits per heavy atom. The minimum absolute atomic E-state index is 0.785. The lowest BCUT2D eigenvalue weighted by atomic mass is 10.2. The number of hydrogen-bond acceptors (Lipinski definition) is 2. The minimum Gasteiger partial charge on any atom is -0.376 e.